The van der Waals surface area contributed by atoms with Crippen LogP contribution < -0.4 is 16.4 Å². The van der Waals surface area contributed by atoms with E-state index in [0.29, 0.717) is 23.0 Å². The van der Waals surface area contributed by atoms with E-state index in [9.17, 15) is 22.6 Å². The van der Waals surface area contributed by atoms with Gasteiger partial charge in [-0.2, -0.15) is 8.42 Å². The van der Waals surface area contributed by atoms with Gasteiger partial charge in [-0.15, -0.1) is 0 Å². The second kappa shape index (κ2) is 8.13. The van der Waals surface area contributed by atoms with Gasteiger partial charge in [-0.05, 0) is 12.1 Å². The molecule has 140 valence electrons. The fourth-order valence-corrected chi connectivity index (χ4v) is 3.12. The molecule has 2 aromatic rings. The Hall–Kier alpha value is -2.69. The van der Waals surface area contributed by atoms with E-state index >= 15 is 0 Å². The quantitative estimate of drug-likeness (QED) is 0.325. The van der Waals surface area contributed by atoms with Crippen LogP contribution in [-0.4, -0.2) is 49.1 Å². The highest BCUT2D eigenvalue weighted by Gasteiger charge is 2.16. The van der Waals surface area contributed by atoms with Crippen molar-refractivity contribution < 1.29 is 27.7 Å². The maximum atomic E-state index is 11.6. The average Bonchev–Trinajstić information content (AvgIpc) is 2.57. The van der Waals surface area contributed by atoms with Gasteiger partial charge in [0.1, 0.15) is 10.9 Å². The molecule has 0 radical (unpaired) electrons. The second-order valence-electron chi connectivity index (χ2n) is 5.56. The molecule has 1 atom stereocenters. The van der Waals surface area contributed by atoms with Crippen molar-refractivity contribution in [3.8, 4) is 0 Å². The van der Waals surface area contributed by atoms with E-state index in [1.165, 1.54) is 12.1 Å². The third-order valence-corrected chi connectivity index (χ3v) is 4.56. The van der Waals surface area contributed by atoms with Gasteiger partial charge in [-0.25, -0.2) is 0 Å². The number of amides is 1. The first kappa shape index (κ1) is 19.6. The molecule has 0 bridgehead atoms. The van der Waals surface area contributed by atoms with Crippen LogP contribution in [0.15, 0.2) is 41.3 Å². The van der Waals surface area contributed by atoms with Gasteiger partial charge in [0.05, 0.1) is 6.42 Å². The van der Waals surface area contributed by atoms with Crippen LogP contribution in [0.4, 0.5) is 5.69 Å². The minimum Gasteiger partial charge on any atom is -0.480 e. The van der Waals surface area contributed by atoms with Gasteiger partial charge in [0, 0.05) is 29.5 Å². The van der Waals surface area contributed by atoms with Gasteiger partial charge in [-0.1, -0.05) is 24.3 Å². The topological polar surface area (TPSA) is 159 Å². The van der Waals surface area contributed by atoms with Crippen LogP contribution in [0.25, 0.3) is 10.8 Å². The van der Waals surface area contributed by atoms with Gasteiger partial charge < -0.3 is 21.5 Å². The largest absolute Gasteiger partial charge is 0.480 e. The van der Waals surface area contributed by atoms with Crippen LogP contribution in [0.2, 0.25) is 0 Å². The molecule has 2 rings (SSSR count). The van der Waals surface area contributed by atoms with Gasteiger partial charge >= 0.3 is 5.97 Å². The Morgan fingerprint density at radius 3 is 2.38 bits per heavy atom. The smallest absolute Gasteiger partial charge is 0.321 e. The van der Waals surface area contributed by atoms with Crippen molar-refractivity contribution in [2.24, 2.45) is 5.73 Å². The third kappa shape index (κ3) is 4.91. The van der Waals surface area contributed by atoms with E-state index in [1.54, 1.807) is 24.3 Å². The standard InChI is InChI=1S/C16H19N3O6S/c17-12(16(21)22)9-15(20)19-8-7-18-13-5-1-4-11-10(13)3-2-6-14(11)26(23,24)25/h1-6,12,18H,7-9,17H2,(H,19,20)(H,21,22)(H,23,24,25)/t12-/m0/s1. The number of carbonyl (C=O) groups is 2. The first-order valence-corrected chi connectivity index (χ1v) is 9.12. The highest BCUT2D eigenvalue weighted by Crippen LogP contribution is 2.28. The average molecular weight is 381 g/mol. The number of carboxylic acid groups (broad SMARTS) is 1. The molecule has 0 aromatic heterocycles. The minimum atomic E-state index is -4.35. The lowest BCUT2D eigenvalue weighted by Crippen LogP contribution is -2.38. The normalized spacial score (nSPS) is 12.5. The van der Waals surface area contributed by atoms with Crippen LogP contribution in [0.3, 0.4) is 0 Å². The van der Waals surface area contributed by atoms with E-state index in [1.807, 2.05) is 0 Å². The molecule has 2 aromatic carbocycles. The number of carbonyl (C=O) groups excluding carboxylic acids is 1. The molecule has 26 heavy (non-hydrogen) atoms. The van der Waals surface area contributed by atoms with Crippen molar-refractivity contribution in [1.29, 1.82) is 0 Å². The maximum absolute atomic E-state index is 11.6. The van der Waals surface area contributed by atoms with Crippen LogP contribution in [-0.2, 0) is 19.7 Å². The molecule has 6 N–H and O–H groups in total. The van der Waals surface area contributed by atoms with Crippen LogP contribution in [0.1, 0.15) is 6.42 Å². The highest BCUT2D eigenvalue weighted by molar-refractivity contribution is 7.86. The first-order valence-electron chi connectivity index (χ1n) is 7.68. The van der Waals surface area contributed by atoms with E-state index in [2.05, 4.69) is 10.6 Å². The second-order valence-corrected chi connectivity index (χ2v) is 6.95. The zero-order chi connectivity index (χ0) is 19.3. The Balaban J connectivity index is 2.02. The summed E-state index contributed by atoms with van der Waals surface area (Å²) in [4.78, 5) is 22.0. The molecule has 0 spiro atoms. The Morgan fingerprint density at radius 2 is 1.73 bits per heavy atom. The lowest BCUT2D eigenvalue weighted by Gasteiger charge is -2.12. The molecular formula is C16H19N3O6S. The van der Waals surface area contributed by atoms with E-state index in [-0.39, 0.29) is 17.9 Å². The maximum Gasteiger partial charge on any atom is 0.321 e. The number of anilines is 1. The van der Waals surface area contributed by atoms with E-state index < -0.39 is 28.0 Å². The first-order chi connectivity index (χ1) is 12.2. The van der Waals surface area contributed by atoms with E-state index in [4.69, 9.17) is 10.8 Å². The van der Waals surface area contributed by atoms with Crippen LogP contribution in [0, 0.1) is 0 Å². The summed E-state index contributed by atoms with van der Waals surface area (Å²) >= 11 is 0. The molecule has 0 aliphatic carbocycles. The molecule has 0 aliphatic rings. The van der Waals surface area contributed by atoms with Crippen molar-refractivity contribution in [3.05, 3.63) is 36.4 Å². The fourth-order valence-electron chi connectivity index (χ4n) is 2.42. The van der Waals surface area contributed by atoms with Crippen LogP contribution >= 0.6 is 0 Å². The van der Waals surface area contributed by atoms with Gasteiger partial charge in [-0.3, -0.25) is 14.1 Å². The summed E-state index contributed by atoms with van der Waals surface area (Å²) < 4.78 is 32.2. The lowest BCUT2D eigenvalue weighted by molar-refractivity contribution is -0.140. The Bertz CT molecular complexity index is 929. The summed E-state index contributed by atoms with van der Waals surface area (Å²) in [5.74, 6) is -1.73. The predicted octanol–water partition coefficient (Wildman–Crippen LogP) is 0.417. The number of nitrogens with two attached hydrogens (primary N) is 1. The lowest BCUT2D eigenvalue weighted by atomic mass is 10.1. The Labute approximate surface area is 149 Å². The Morgan fingerprint density at radius 1 is 1.08 bits per heavy atom. The number of aliphatic carboxylic acids is 1. The van der Waals surface area contributed by atoms with Gasteiger partial charge in [0.15, 0.2) is 0 Å². The van der Waals surface area contributed by atoms with E-state index in [0.717, 1.165) is 0 Å². The summed E-state index contributed by atoms with van der Waals surface area (Å²) in [7, 11) is -4.35. The number of hydrogen-bond donors (Lipinski definition) is 5. The number of benzene rings is 2. The van der Waals surface area contributed by atoms with Crippen LogP contribution in [0.5, 0.6) is 0 Å². The highest BCUT2D eigenvalue weighted by atomic mass is 32.2. The molecule has 0 saturated heterocycles. The SMILES string of the molecule is N[C@@H](CC(=O)NCCNc1cccc2c(S(=O)(=O)O)cccc12)C(=O)O. The molecule has 0 unspecified atom stereocenters. The Kier molecular flexibility index (Phi) is 6.14. The molecule has 10 heteroatoms. The van der Waals surface area contributed by atoms with Gasteiger partial charge in [0.25, 0.3) is 10.1 Å². The molecule has 0 saturated carbocycles. The molecule has 9 nitrogen and oxygen atoms in total. The minimum absolute atomic E-state index is 0.186. The monoisotopic (exact) mass is 381 g/mol. The summed E-state index contributed by atoms with van der Waals surface area (Å²) in [6.45, 7) is 0.544. The molecular weight excluding hydrogens is 362 g/mol. The third-order valence-electron chi connectivity index (χ3n) is 3.65. The molecule has 0 aliphatic heterocycles. The number of fused-ring (bicyclic) bond motifs is 1. The predicted molar refractivity (Wildman–Crippen MR) is 95.5 cm³/mol. The summed E-state index contributed by atoms with van der Waals surface area (Å²) in [6.07, 6.45) is -0.318. The molecule has 0 heterocycles. The number of hydrogen-bond acceptors (Lipinski definition) is 6. The summed E-state index contributed by atoms with van der Waals surface area (Å²) in [6, 6.07) is 8.25. The van der Waals surface area contributed by atoms with Crippen molar-refractivity contribution in [2.45, 2.75) is 17.4 Å². The molecule has 0 fully saturated rings. The zero-order valence-corrected chi connectivity index (χ0v) is 14.5. The molecule has 1 amide bonds. The van der Waals surface area contributed by atoms with Crippen molar-refractivity contribution >= 4 is 38.5 Å². The van der Waals surface area contributed by atoms with Crippen molar-refractivity contribution in [1.82, 2.24) is 5.32 Å². The summed E-state index contributed by atoms with van der Waals surface area (Å²) in [5.41, 5.74) is 5.91. The number of rotatable bonds is 8. The van der Waals surface area contributed by atoms with Crippen molar-refractivity contribution in [2.75, 3.05) is 18.4 Å². The fraction of sp³-hybridized carbons (Fsp3) is 0.250. The summed E-state index contributed by atoms with van der Waals surface area (Å²) in [5, 5.41) is 15.2. The zero-order valence-electron chi connectivity index (χ0n) is 13.7. The number of nitrogens with one attached hydrogen (secondary N) is 2. The number of carboxylic acids is 1. The van der Waals surface area contributed by atoms with Gasteiger partial charge in [0.2, 0.25) is 5.91 Å². The van der Waals surface area contributed by atoms with Crippen molar-refractivity contribution in [3.63, 3.8) is 0 Å².